The first kappa shape index (κ1) is 23.8. The molecule has 0 heterocycles. The molecule has 0 aromatic rings. The molecule has 0 aromatic carbocycles. The Kier molecular flexibility index (Phi) is 6.50. The predicted molar refractivity (Wildman–Crippen MR) is 130 cm³/mol. The van der Waals surface area contributed by atoms with Crippen LogP contribution in [0.4, 0.5) is 0 Å². The normalized spacial score (nSPS) is 46.7. The molecule has 0 aromatic heterocycles. The van der Waals surface area contributed by atoms with E-state index in [4.69, 9.17) is 0 Å². The van der Waals surface area contributed by atoms with Crippen molar-refractivity contribution in [1.82, 2.24) is 0 Å². The molecule has 178 valence electrons. The van der Waals surface area contributed by atoms with Gasteiger partial charge in [0, 0.05) is 0 Å². The molecule has 9 atom stereocenters. The van der Waals surface area contributed by atoms with Crippen LogP contribution in [0.5, 0.6) is 0 Å². The fourth-order valence-corrected chi connectivity index (χ4v) is 9.39. The van der Waals surface area contributed by atoms with Crippen LogP contribution < -0.4 is 0 Å². The molecule has 2 heteroatoms. The minimum atomic E-state index is -0.536. The van der Waals surface area contributed by atoms with E-state index in [1.54, 1.807) is 0 Å². The van der Waals surface area contributed by atoms with E-state index in [1.165, 1.54) is 50.5 Å². The van der Waals surface area contributed by atoms with E-state index in [-0.39, 0.29) is 11.5 Å². The standard InChI is InChI=1S/C29H50O2/c1-7-21(19(2)3)9-8-20(4)24-10-11-25-28(24,6)16-14-26-27(5)15-13-23(30)18-22(27)12-17-29(25,26)31/h12,19-21,23-26,30-31H,7-11,13-18H2,1-6H3/t20-,21-,23+,24-,25-,26-,27+,28-,29-/m1/s1. The highest BCUT2D eigenvalue weighted by molar-refractivity contribution is 5.29. The minimum Gasteiger partial charge on any atom is -0.393 e. The lowest BCUT2D eigenvalue weighted by molar-refractivity contribution is -0.182. The molecular formula is C29H50O2. The summed E-state index contributed by atoms with van der Waals surface area (Å²) in [6.07, 6.45) is 14.8. The van der Waals surface area contributed by atoms with E-state index >= 15 is 0 Å². The predicted octanol–water partition coefficient (Wildman–Crippen LogP) is 7.14. The van der Waals surface area contributed by atoms with Crippen LogP contribution in [-0.4, -0.2) is 21.9 Å². The fraction of sp³-hybridized carbons (Fsp3) is 0.931. The van der Waals surface area contributed by atoms with Gasteiger partial charge in [0.2, 0.25) is 0 Å². The molecule has 4 rings (SSSR count). The molecule has 0 spiro atoms. The van der Waals surface area contributed by atoms with Crippen LogP contribution in [0.3, 0.4) is 0 Å². The minimum absolute atomic E-state index is 0.100. The molecule has 3 fully saturated rings. The Hall–Kier alpha value is -0.340. The molecule has 0 saturated heterocycles. The average molecular weight is 431 g/mol. The van der Waals surface area contributed by atoms with Crippen LogP contribution in [0.2, 0.25) is 0 Å². The number of aliphatic hydroxyl groups excluding tert-OH is 1. The van der Waals surface area contributed by atoms with Gasteiger partial charge in [0.15, 0.2) is 0 Å². The Morgan fingerprint density at radius 2 is 1.74 bits per heavy atom. The van der Waals surface area contributed by atoms with Crippen molar-refractivity contribution < 1.29 is 10.2 Å². The maximum Gasteiger partial charge on any atom is 0.0751 e. The summed E-state index contributed by atoms with van der Waals surface area (Å²) in [5.41, 5.74) is 1.31. The molecule has 31 heavy (non-hydrogen) atoms. The summed E-state index contributed by atoms with van der Waals surface area (Å²) >= 11 is 0. The summed E-state index contributed by atoms with van der Waals surface area (Å²) in [4.78, 5) is 0. The number of fused-ring (bicyclic) bond motifs is 5. The highest BCUT2D eigenvalue weighted by atomic mass is 16.3. The number of hydrogen-bond donors (Lipinski definition) is 2. The first-order valence-corrected chi connectivity index (χ1v) is 13.7. The average Bonchev–Trinajstić information content (AvgIpc) is 3.07. The molecule has 4 aliphatic rings. The molecule has 0 unspecified atom stereocenters. The Labute approximate surface area is 192 Å². The molecule has 0 amide bonds. The van der Waals surface area contributed by atoms with Gasteiger partial charge in [-0.3, -0.25) is 0 Å². The third kappa shape index (κ3) is 3.76. The van der Waals surface area contributed by atoms with Gasteiger partial charge in [-0.15, -0.1) is 0 Å². The summed E-state index contributed by atoms with van der Waals surface area (Å²) in [6.45, 7) is 14.6. The van der Waals surface area contributed by atoms with E-state index in [1.807, 2.05) is 0 Å². The van der Waals surface area contributed by atoms with Gasteiger partial charge in [-0.05, 0) is 104 Å². The maximum absolute atomic E-state index is 12.3. The second-order valence-corrected chi connectivity index (χ2v) is 13.0. The first-order valence-electron chi connectivity index (χ1n) is 13.7. The zero-order chi connectivity index (χ0) is 22.6. The van der Waals surface area contributed by atoms with Crippen LogP contribution in [0, 0.1) is 46.3 Å². The smallest absolute Gasteiger partial charge is 0.0751 e. The second-order valence-electron chi connectivity index (χ2n) is 13.0. The highest BCUT2D eigenvalue weighted by Gasteiger charge is 2.65. The van der Waals surface area contributed by atoms with E-state index in [0.717, 1.165) is 49.4 Å². The van der Waals surface area contributed by atoms with Crippen molar-refractivity contribution in [2.45, 2.75) is 124 Å². The molecular weight excluding hydrogens is 380 g/mol. The second kappa shape index (κ2) is 8.46. The summed E-state index contributed by atoms with van der Waals surface area (Å²) in [5, 5.41) is 22.6. The fourth-order valence-electron chi connectivity index (χ4n) is 9.39. The summed E-state index contributed by atoms with van der Waals surface area (Å²) < 4.78 is 0. The van der Waals surface area contributed by atoms with Crippen molar-refractivity contribution in [3.05, 3.63) is 11.6 Å². The monoisotopic (exact) mass is 430 g/mol. The van der Waals surface area contributed by atoms with Crippen molar-refractivity contribution in [2.75, 3.05) is 0 Å². The Bertz CT molecular complexity index is 682. The van der Waals surface area contributed by atoms with Crippen LogP contribution in [-0.2, 0) is 0 Å². The number of hydrogen-bond acceptors (Lipinski definition) is 2. The van der Waals surface area contributed by atoms with Gasteiger partial charge in [0.25, 0.3) is 0 Å². The van der Waals surface area contributed by atoms with Gasteiger partial charge in [-0.2, -0.15) is 0 Å². The lowest BCUT2D eigenvalue weighted by Crippen LogP contribution is -2.61. The quantitative estimate of drug-likeness (QED) is 0.440. The zero-order valence-electron chi connectivity index (χ0n) is 21.3. The third-order valence-electron chi connectivity index (χ3n) is 11.4. The Balaban J connectivity index is 1.53. The van der Waals surface area contributed by atoms with Crippen LogP contribution >= 0.6 is 0 Å². The summed E-state index contributed by atoms with van der Waals surface area (Å²) in [7, 11) is 0. The summed E-state index contributed by atoms with van der Waals surface area (Å²) in [5.74, 6) is 4.00. The third-order valence-corrected chi connectivity index (χ3v) is 11.4. The van der Waals surface area contributed by atoms with Crippen molar-refractivity contribution in [1.29, 1.82) is 0 Å². The Morgan fingerprint density at radius 1 is 1.00 bits per heavy atom. The van der Waals surface area contributed by atoms with Crippen molar-refractivity contribution >= 4 is 0 Å². The largest absolute Gasteiger partial charge is 0.393 e. The molecule has 2 N–H and O–H groups in total. The summed E-state index contributed by atoms with van der Waals surface area (Å²) in [6, 6.07) is 0. The first-order chi connectivity index (χ1) is 14.6. The highest BCUT2D eigenvalue weighted by Crippen LogP contribution is 2.68. The molecule has 2 nitrogen and oxygen atoms in total. The molecule has 0 radical (unpaired) electrons. The zero-order valence-corrected chi connectivity index (χ0v) is 21.3. The molecule has 4 aliphatic carbocycles. The lowest BCUT2D eigenvalue weighted by Gasteiger charge is -2.62. The van der Waals surface area contributed by atoms with E-state index in [0.29, 0.717) is 17.3 Å². The van der Waals surface area contributed by atoms with Gasteiger partial charge >= 0.3 is 0 Å². The van der Waals surface area contributed by atoms with E-state index in [9.17, 15) is 10.2 Å². The van der Waals surface area contributed by atoms with Gasteiger partial charge in [-0.1, -0.05) is 66.0 Å². The van der Waals surface area contributed by atoms with Crippen LogP contribution in [0.1, 0.15) is 112 Å². The number of aliphatic hydroxyl groups is 2. The van der Waals surface area contributed by atoms with E-state index in [2.05, 4.69) is 47.6 Å². The number of rotatable bonds is 6. The van der Waals surface area contributed by atoms with Crippen LogP contribution in [0.15, 0.2) is 11.6 Å². The molecule has 3 saturated carbocycles. The lowest BCUT2D eigenvalue weighted by atomic mass is 9.45. The van der Waals surface area contributed by atoms with Crippen molar-refractivity contribution in [3.63, 3.8) is 0 Å². The van der Waals surface area contributed by atoms with Crippen LogP contribution in [0.25, 0.3) is 0 Å². The molecule has 0 aliphatic heterocycles. The van der Waals surface area contributed by atoms with E-state index < -0.39 is 5.60 Å². The van der Waals surface area contributed by atoms with Gasteiger partial charge in [-0.25, -0.2) is 0 Å². The van der Waals surface area contributed by atoms with Gasteiger partial charge < -0.3 is 10.2 Å². The van der Waals surface area contributed by atoms with Crippen molar-refractivity contribution in [2.24, 2.45) is 46.3 Å². The van der Waals surface area contributed by atoms with Gasteiger partial charge in [0.05, 0.1) is 11.7 Å². The maximum atomic E-state index is 12.3. The topological polar surface area (TPSA) is 40.5 Å². The van der Waals surface area contributed by atoms with Crippen molar-refractivity contribution in [3.8, 4) is 0 Å². The van der Waals surface area contributed by atoms with Gasteiger partial charge in [0.1, 0.15) is 0 Å². The Morgan fingerprint density at radius 3 is 2.42 bits per heavy atom. The molecule has 0 bridgehead atoms. The SMILES string of the molecule is CC[C@H](CC[C@@H](C)[C@H]1CC[C@@H]2[C@]1(C)CC[C@H]1[C@@]2(O)CC=C2C[C@@H](O)CC[C@@]21C)C(C)C.